The van der Waals surface area contributed by atoms with Gasteiger partial charge in [-0.15, -0.1) is 10.2 Å². The van der Waals surface area contributed by atoms with E-state index in [4.69, 9.17) is 0 Å². The Hall–Kier alpha value is -1.59. The maximum Gasteiger partial charge on any atom is 0.196 e. The molecule has 1 heterocycles. The number of thioether (sulfide) groups is 1. The first-order chi connectivity index (χ1) is 12.8. The lowest BCUT2D eigenvalue weighted by atomic mass is 9.88. The lowest BCUT2D eigenvalue weighted by Gasteiger charge is -2.22. The predicted molar refractivity (Wildman–Crippen MR) is 111 cm³/mol. The number of rotatable bonds is 5. The molecule has 0 spiro atoms. The van der Waals surface area contributed by atoms with Gasteiger partial charge in [-0.25, -0.2) is 0 Å². The van der Waals surface area contributed by atoms with Gasteiger partial charge in [0, 0.05) is 21.8 Å². The molecule has 2 aromatic carbocycles. The van der Waals surface area contributed by atoms with E-state index in [9.17, 15) is 0 Å². The molecule has 0 N–H and O–H groups in total. The molecule has 0 amide bonds. The zero-order valence-corrected chi connectivity index (χ0v) is 17.0. The molecule has 3 nitrogen and oxygen atoms in total. The van der Waals surface area contributed by atoms with Crippen molar-refractivity contribution >= 4 is 27.7 Å². The van der Waals surface area contributed by atoms with E-state index in [0.717, 1.165) is 26.9 Å². The lowest BCUT2D eigenvalue weighted by Crippen LogP contribution is -2.11. The summed E-state index contributed by atoms with van der Waals surface area (Å²) in [5.74, 6) is 2.55. The second-order valence-electron chi connectivity index (χ2n) is 6.76. The maximum atomic E-state index is 4.63. The summed E-state index contributed by atoms with van der Waals surface area (Å²) in [6.45, 7) is 0. The molecule has 0 bridgehead atoms. The molecule has 1 aromatic heterocycles. The summed E-state index contributed by atoms with van der Waals surface area (Å²) in [4.78, 5) is 0. The first-order valence-corrected chi connectivity index (χ1v) is 11.0. The van der Waals surface area contributed by atoms with E-state index in [1.807, 2.05) is 0 Å². The van der Waals surface area contributed by atoms with Gasteiger partial charge in [-0.1, -0.05) is 77.3 Å². The fourth-order valence-corrected chi connectivity index (χ4v) is 4.73. The Balaban J connectivity index is 1.63. The number of halogens is 1. The van der Waals surface area contributed by atoms with Crippen molar-refractivity contribution in [3.05, 3.63) is 70.5 Å². The van der Waals surface area contributed by atoms with Gasteiger partial charge in [0.05, 0.1) is 0 Å². The molecular weight excluding hydrogens is 406 g/mol. The Bertz CT molecular complexity index is 839. The fourth-order valence-electron chi connectivity index (χ4n) is 3.55. The van der Waals surface area contributed by atoms with Crippen LogP contribution >= 0.6 is 27.7 Å². The first-order valence-electron chi connectivity index (χ1n) is 9.19. The minimum Gasteiger partial charge on any atom is -0.274 e. The van der Waals surface area contributed by atoms with Gasteiger partial charge < -0.3 is 0 Å². The van der Waals surface area contributed by atoms with Gasteiger partial charge in [0.1, 0.15) is 5.82 Å². The fraction of sp³-hybridized carbons (Fsp3) is 0.333. The Morgan fingerprint density at radius 1 is 0.923 bits per heavy atom. The van der Waals surface area contributed by atoms with Crippen LogP contribution in [-0.4, -0.2) is 14.8 Å². The number of hydrogen-bond acceptors (Lipinski definition) is 3. The lowest BCUT2D eigenvalue weighted by molar-refractivity contribution is 0.423. The first kappa shape index (κ1) is 17.8. The Labute approximate surface area is 167 Å². The topological polar surface area (TPSA) is 30.7 Å². The molecule has 1 saturated carbocycles. The zero-order valence-electron chi connectivity index (χ0n) is 14.6. The van der Waals surface area contributed by atoms with Crippen LogP contribution in [0.4, 0.5) is 0 Å². The van der Waals surface area contributed by atoms with Gasteiger partial charge in [-0.3, -0.25) is 4.57 Å². The van der Waals surface area contributed by atoms with Crippen molar-refractivity contribution in [1.29, 1.82) is 0 Å². The van der Waals surface area contributed by atoms with Crippen molar-refractivity contribution in [3.63, 3.8) is 0 Å². The van der Waals surface area contributed by atoms with E-state index in [1.165, 1.54) is 37.7 Å². The normalized spacial score (nSPS) is 15.3. The molecule has 0 atom stereocenters. The van der Waals surface area contributed by atoms with Crippen LogP contribution in [0.5, 0.6) is 0 Å². The minimum absolute atomic E-state index is 0.526. The van der Waals surface area contributed by atoms with E-state index in [-0.39, 0.29) is 0 Å². The molecule has 134 valence electrons. The molecule has 3 aromatic rings. The second-order valence-corrected chi connectivity index (χ2v) is 8.62. The van der Waals surface area contributed by atoms with Gasteiger partial charge in [-0.05, 0) is 42.7 Å². The summed E-state index contributed by atoms with van der Waals surface area (Å²) < 4.78 is 3.39. The highest BCUT2D eigenvalue weighted by Crippen LogP contribution is 2.35. The van der Waals surface area contributed by atoms with Crippen LogP contribution in [-0.2, 0) is 5.75 Å². The SMILES string of the molecule is Brc1ccc(CSc2nnc(C3CCCCC3)n2-c2ccccc2)cc1. The van der Waals surface area contributed by atoms with Crippen LogP contribution in [0.2, 0.25) is 0 Å². The van der Waals surface area contributed by atoms with Gasteiger partial charge in [0.15, 0.2) is 5.16 Å². The summed E-state index contributed by atoms with van der Waals surface area (Å²) >= 11 is 5.26. The molecule has 0 radical (unpaired) electrons. The van der Waals surface area contributed by atoms with Gasteiger partial charge in [0.25, 0.3) is 0 Å². The molecule has 26 heavy (non-hydrogen) atoms. The Morgan fingerprint density at radius 3 is 2.38 bits per heavy atom. The number of nitrogens with zero attached hydrogens (tertiary/aromatic N) is 3. The van der Waals surface area contributed by atoms with Crippen LogP contribution in [0.1, 0.15) is 49.4 Å². The number of aromatic nitrogens is 3. The summed E-state index contributed by atoms with van der Waals surface area (Å²) in [6.07, 6.45) is 6.40. The van der Waals surface area contributed by atoms with Crippen molar-refractivity contribution in [2.24, 2.45) is 0 Å². The van der Waals surface area contributed by atoms with Gasteiger partial charge >= 0.3 is 0 Å². The van der Waals surface area contributed by atoms with Crippen LogP contribution in [0.15, 0.2) is 64.2 Å². The summed E-state index contributed by atoms with van der Waals surface area (Å²) in [5, 5.41) is 10.2. The number of benzene rings is 2. The van der Waals surface area contributed by atoms with Crippen molar-refractivity contribution in [2.75, 3.05) is 0 Å². The Kier molecular flexibility index (Phi) is 5.75. The highest BCUT2D eigenvalue weighted by molar-refractivity contribution is 9.10. The molecule has 0 aliphatic heterocycles. The molecule has 1 aliphatic carbocycles. The van der Waals surface area contributed by atoms with E-state index in [2.05, 4.69) is 85.3 Å². The van der Waals surface area contributed by atoms with Gasteiger partial charge in [-0.2, -0.15) is 0 Å². The average molecular weight is 428 g/mol. The molecule has 1 fully saturated rings. The molecule has 0 saturated heterocycles. The highest BCUT2D eigenvalue weighted by Gasteiger charge is 2.24. The van der Waals surface area contributed by atoms with Gasteiger partial charge in [0.2, 0.25) is 0 Å². The average Bonchev–Trinajstić information content (AvgIpc) is 3.13. The van der Waals surface area contributed by atoms with Crippen LogP contribution in [0.25, 0.3) is 5.69 Å². The largest absolute Gasteiger partial charge is 0.274 e. The van der Waals surface area contributed by atoms with Crippen LogP contribution in [0, 0.1) is 0 Å². The number of para-hydroxylation sites is 1. The molecule has 5 heteroatoms. The van der Waals surface area contributed by atoms with Crippen molar-refractivity contribution in [2.45, 2.75) is 48.9 Å². The third-order valence-corrected chi connectivity index (χ3v) is 6.45. The molecule has 0 unspecified atom stereocenters. The van der Waals surface area contributed by atoms with Crippen molar-refractivity contribution in [3.8, 4) is 5.69 Å². The third-order valence-electron chi connectivity index (χ3n) is 4.92. The smallest absolute Gasteiger partial charge is 0.196 e. The second kappa shape index (κ2) is 8.40. The quantitative estimate of drug-likeness (QED) is 0.443. The van der Waals surface area contributed by atoms with Crippen molar-refractivity contribution in [1.82, 2.24) is 14.8 Å². The van der Waals surface area contributed by atoms with E-state index >= 15 is 0 Å². The molecular formula is C21H22BrN3S. The third kappa shape index (κ3) is 4.04. The van der Waals surface area contributed by atoms with Crippen LogP contribution < -0.4 is 0 Å². The standard InChI is InChI=1S/C21H22BrN3S/c22-18-13-11-16(12-14-18)15-26-21-24-23-20(17-7-3-1-4-8-17)25(21)19-9-5-2-6-10-19/h2,5-6,9-14,17H,1,3-4,7-8,15H2. The van der Waals surface area contributed by atoms with E-state index in [1.54, 1.807) is 11.8 Å². The monoisotopic (exact) mass is 427 g/mol. The summed E-state index contributed by atoms with van der Waals surface area (Å²) in [6, 6.07) is 19.0. The maximum absolute atomic E-state index is 4.63. The zero-order chi connectivity index (χ0) is 17.8. The Morgan fingerprint density at radius 2 is 1.65 bits per heavy atom. The molecule has 1 aliphatic rings. The van der Waals surface area contributed by atoms with Crippen molar-refractivity contribution < 1.29 is 0 Å². The summed E-state index contributed by atoms with van der Waals surface area (Å²) in [5.41, 5.74) is 2.46. The van der Waals surface area contributed by atoms with E-state index in [0.29, 0.717) is 5.92 Å². The predicted octanol–water partition coefficient (Wildman–Crippen LogP) is 6.37. The summed E-state index contributed by atoms with van der Waals surface area (Å²) in [7, 11) is 0. The number of hydrogen-bond donors (Lipinski definition) is 0. The minimum atomic E-state index is 0.526. The highest BCUT2D eigenvalue weighted by atomic mass is 79.9. The van der Waals surface area contributed by atoms with Crippen LogP contribution in [0.3, 0.4) is 0 Å². The molecule has 4 rings (SSSR count). The van der Waals surface area contributed by atoms with E-state index < -0.39 is 0 Å².